The molecule has 3 rings (SSSR count). The normalized spacial score (nSPS) is 9.97. The fourth-order valence-corrected chi connectivity index (χ4v) is 2.37. The van der Waals surface area contributed by atoms with Gasteiger partial charge in [-0.05, 0) is 48.5 Å². The number of aliphatic carboxylic acids is 1. The van der Waals surface area contributed by atoms with Crippen LogP contribution in [0.3, 0.4) is 0 Å². The number of nitrogens with one attached hydrogen (secondary N) is 1. The number of nitriles is 1. The Labute approximate surface area is 170 Å². The molecule has 0 unspecified atom stereocenters. The van der Waals surface area contributed by atoms with Gasteiger partial charge in [-0.2, -0.15) is 10.2 Å². The van der Waals surface area contributed by atoms with Gasteiger partial charge in [-0.25, -0.2) is 9.78 Å². The first kappa shape index (κ1) is 20.2. The van der Waals surface area contributed by atoms with Crippen molar-refractivity contribution in [3.8, 4) is 17.7 Å². The first-order valence-electron chi connectivity index (χ1n) is 8.62. The van der Waals surface area contributed by atoms with Crippen LogP contribution in [0, 0.1) is 11.3 Å². The molecule has 2 aromatic carbocycles. The first-order valence-corrected chi connectivity index (χ1v) is 8.62. The summed E-state index contributed by atoms with van der Waals surface area (Å²) in [4.78, 5) is 42.0. The summed E-state index contributed by atoms with van der Waals surface area (Å²) in [6.45, 7) is 0. The highest BCUT2D eigenvalue weighted by Gasteiger charge is 2.17. The Morgan fingerprint density at radius 2 is 1.73 bits per heavy atom. The summed E-state index contributed by atoms with van der Waals surface area (Å²) >= 11 is 0. The second-order valence-electron chi connectivity index (χ2n) is 5.99. The molecule has 3 aromatic rings. The van der Waals surface area contributed by atoms with Gasteiger partial charge in [0.05, 0.1) is 18.1 Å². The third-order valence-corrected chi connectivity index (χ3v) is 3.86. The van der Waals surface area contributed by atoms with Crippen LogP contribution in [0.2, 0.25) is 0 Å². The van der Waals surface area contributed by atoms with Gasteiger partial charge >= 0.3 is 5.97 Å². The Morgan fingerprint density at radius 3 is 2.37 bits per heavy atom. The SMILES string of the molecule is N#Cc1ccc(Nc2nccc(Oc3ccc(C(=O)CC(=O)C(=O)O)cc3)n2)cc1. The second-order valence-corrected chi connectivity index (χ2v) is 5.99. The minimum absolute atomic E-state index is 0.197. The molecule has 0 aliphatic rings. The molecule has 0 fully saturated rings. The third kappa shape index (κ3) is 5.24. The van der Waals surface area contributed by atoms with E-state index < -0.39 is 24.0 Å². The number of carbonyl (C=O) groups is 3. The summed E-state index contributed by atoms with van der Waals surface area (Å²) in [6.07, 6.45) is 0.801. The van der Waals surface area contributed by atoms with E-state index in [2.05, 4.69) is 15.3 Å². The molecule has 1 heterocycles. The second kappa shape index (κ2) is 9.07. The largest absolute Gasteiger partial charge is 0.475 e. The highest BCUT2D eigenvalue weighted by molar-refractivity contribution is 6.37. The Kier molecular flexibility index (Phi) is 6.10. The zero-order chi connectivity index (χ0) is 21.5. The van der Waals surface area contributed by atoms with Crippen molar-refractivity contribution in [3.63, 3.8) is 0 Å². The third-order valence-electron chi connectivity index (χ3n) is 3.86. The lowest BCUT2D eigenvalue weighted by Gasteiger charge is -2.08. The number of nitrogens with zero attached hydrogens (tertiary/aromatic N) is 3. The van der Waals surface area contributed by atoms with Gasteiger partial charge in [-0.15, -0.1) is 0 Å². The molecule has 0 saturated heterocycles. The lowest BCUT2D eigenvalue weighted by Crippen LogP contribution is -2.17. The summed E-state index contributed by atoms with van der Waals surface area (Å²) in [7, 11) is 0. The number of carboxylic acid groups (broad SMARTS) is 1. The molecule has 0 saturated carbocycles. The van der Waals surface area contributed by atoms with Crippen LogP contribution in [-0.2, 0) is 9.59 Å². The molecule has 0 aliphatic heterocycles. The van der Waals surface area contributed by atoms with Crippen molar-refractivity contribution in [2.75, 3.05) is 5.32 Å². The molecule has 148 valence electrons. The Hall–Kier alpha value is -4.58. The molecule has 0 spiro atoms. The molecule has 9 nitrogen and oxygen atoms in total. The maximum atomic E-state index is 11.9. The van der Waals surface area contributed by atoms with Gasteiger partial charge in [0, 0.05) is 23.5 Å². The van der Waals surface area contributed by atoms with E-state index in [0.717, 1.165) is 0 Å². The van der Waals surface area contributed by atoms with Crippen LogP contribution >= 0.6 is 0 Å². The Bertz CT molecular complexity index is 1140. The quantitative estimate of drug-likeness (QED) is 0.330. The lowest BCUT2D eigenvalue weighted by atomic mass is 10.1. The maximum Gasteiger partial charge on any atom is 0.372 e. The zero-order valence-corrected chi connectivity index (χ0v) is 15.4. The maximum absolute atomic E-state index is 11.9. The van der Waals surface area contributed by atoms with E-state index in [9.17, 15) is 14.4 Å². The molecule has 30 heavy (non-hydrogen) atoms. The summed E-state index contributed by atoms with van der Waals surface area (Å²) in [5, 5.41) is 20.4. The average molecular weight is 402 g/mol. The van der Waals surface area contributed by atoms with Gasteiger partial charge < -0.3 is 15.2 Å². The number of hydrogen-bond acceptors (Lipinski definition) is 8. The molecule has 0 radical (unpaired) electrons. The van der Waals surface area contributed by atoms with Crippen molar-refractivity contribution in [1.29, 1.82) is 5.26 Å². The van der Waals surface area contributed by atoms with Gasteiger partial charge in [-0.1, -0.05) is 0 Å². The van der Waals surface area contributed by atoms with Crippen LogP contribution in [0.15, 0.2) is 60.8 Å². The van der Waals surface area contributed by atoms with Gasteiger partial charge in [-0.3, -0.25) is 9.59 Å². The van der Waals surface area contributed by atoms with E-state index >= 15 is 0 Å². The van der Waals surface area contributed by atoms with Crippen LogP contribution < -0.4 is 10.1 Å². The Morgan fingerprint density at radius 1 is 1.03 bits per heavy atom. The number of ether oxygens (including phenoxy) is 1. The van der Waals surface area contributed by atoms with Crippen molar-refractivity contribution in [2.45, 2.75) is 6.42 Å². The first-order chi connectivity index (χ1) is 14.4. The highest BCUT2D eigenvalue weighted by Crippen LogP contribution is 2.22. The molecular weight excluding hydrogens is 388 g/mol. The topological polar surface area (TPSA) is 142 Å². The van der Waals surface area contributed by atoms with Gasteiger partial charge in [0.25, 0.3) is 0 Å². The number of aromatic nitrogens is 2. The van der Waals surface area contributed by atoms with E-state index in [0.29, 0.717) is 17.0 Å². The van der Waals surface area contributed by atoms with E-state index in [1.807, 2.05) is 6.07 Å². The minimum Gasteiger partial charge on any atom is -0.475 e. The summed E-state index contributed by atoms with van der Waals surface area (Å²) in [5.74, 6) is -2.47. The van der Waals surface area contributed by atoms with Crippen molar-refractivity contribution < 1.29 is 24.2 Å². The summed E-state index contributed by atoms with van der Waals surface area (Å²) in [5.41, 5.74) is 1.43. The highest BCUT2D eigenvalue weighted by atomic mass is 16.5. The minimum atomic E-state index is -1.64. The molecule has 0 atom stereocenters. The summed E-state index contributed by atoms with van der Waals surface area (Å²) < 4.78 is 5.64. The predicted octanol–water partition coefficient (Wildman–Crippen LogP) is 3.11. The average Bonchev–Trinajstić information content (AvgIpc) is 2.75. The predicted molar refractivity (Wildman–Crippen MR) is 105 cm³/mol. The van der Waals surface area contributed by atoms with E-state index in [1.165, 1.54) is 30.5 Å². The zero-order valence-electron chi connectivity index (χ0n) is 15.4. The van der Waals surface area contributed by atoms with Crippen LogP contribution in [0.4, 0.5) is 11.6 Å². The lowest BCUT2D eigenvalue weighted by molar-refractivity contribution is -0.148. The number of benzene rings is 2. The molecule has 0 bridgehead atoms. The number of hydrogen-bond donors (Lipinski definition) is 2. The molecule has 1 aromatic heterocycles. The van der Waals surface area contributed by atoms with Gasteiger partial charge in [0.15, 0.2) is 5.78 Å². The van der Waals surface area contributed by atoms with Crippen LogP contribution in [-0.4, -0.2) is 32.6 Å². The molecule has 0 aliphatic carbocycles. The van der Waals surface area contributed by atoms with Gasteiger partial charge in [0.1, 0.15) is 5.75 Å². The van der Waals surface area contributed by atoms with Crippen LogP contribution in [0.1, 0.15) is 22.3 Å². The number of ketones is 2. The standard InChI is InChI=1S/C21H14N4O5/c22-12-13-1-5-15(6-2-13)24-21-23-10-9-19(25-21)30-16-7-3-14(4-8-16)17(26)11-18(27)20(28)29/h1-10H,11H2,(H,28,29)(H,23,24,25). The van der Waals surface area contributed by atoms with Crippen molar-refractivity contribution in [3.05, 3.63) is 71.9 Å². The van der Waals surface area contributed by atoms with Crippen molar-refractivity contribution >= 4 is 29.2 Å². The molecule has 0 amide bonds. The van der Waals surface area contributed by atoms with Crippen molar-refractivity contribution in [1.82, 2.24) is 9.97 Å². The number of Topliss-reactive ketones (excluding diaryl/α,β-unsaturated/α-hetero) is 2. The smallest absolute Gasteiger partial charge is 0.372 e. The number of rotatable bonds is 8. The number of carboxylic acids is 1. The number of carbonyl (C=O) groups excluding carboxylic acids is 2. The van der Waals surface area contributed by atoms with E-state index in [-0.39, 0.29) is 17.4 Å². The van der Waals surface area contributed by atoms with E-state index in [4.69, 9.17) is 15.1 Å². The molecule has 9 heteroatoms. The Balaban J connectivity index is 1.65. The van der Waals surface area contributed by atoms with Crippen molar-refractivity contribution in [2.24, 2.45) is 0 Å². The fourth-order valence-electron chi connectivity index (χ4n) is 2.37. The fraction of sp³-hybridized carbons (Fsp3) is 0.0476. The van der Waals surface area contributed by atoms with E-state index in [1.54, 1.807) is 30.3 Å². The number of anilines is 2. The van der Waals surface area contributed by atoms with Crippen LogP contribution in [0.5, 0.6) is 11.6 Å². The van der Waals surface area contributed by atoms with Gasteiger partial charge in [0.2, 0.25) is 17.6 Å². The van der Waals surface area contributed by atoms with Crippen LogP contribution in [0.25, 0.3) is 0 Å². The molecule has 2 N–H and O–H groups in total. The summed E-state index contributed by atoms with van der Waals surface area (Å²) in [6, 6.07) is 16.2. The molecular formula is C21H14N4O5. The monoisotopic (exact) mass is 402 g/mol.